The highest BCUT2D eigenvalue weighted by atomic mass is 79.9. The summed E-state index contributed by atoms with van der Waals surface area (Å²) in [7, 11) is 1.60. The fraction of sp³-hybridized carbons (Fsp3) is 0.192. The number of halogens is 1. The monoisotopic (exact) mass is 579 g/mol. The summed E-state index contributed by atoms with van der Waals surface area (Å²) < 4.78 is 14.0. The van der Waals surface area contributed by atoms with E-state index in [2.05, 4.69) is 32.2 Å². The van der Waals surface area contributed by atoms with Crippen molar-refractivity contribution < 1.29 is 14.4 Å². The number of aromatic nitrogens is 3. The third kappa shape index (κ3) is 6.28. The molecule has 0 aliphatic carbocycles. The van der Waals surface area contributed by atoms with Crippen LogP contribution in [0.3, 0.4) is 0 Å². The number of nitrogens with zero attached hydrogens (tertiary/aromatic N) is 5. The van der Waals surface area contributed by atoms with E-state index in [1.165, 1.54) is 11.8 Å². The minimum atomic E-state index is -0.630. The van der Waals surface area contributed by atoms with E-state index in [9.17, 15) is 15.4 Å². The lowest BCUT2D eigenvalue weighted by atomic mass is 10.1. The average molecular weight is 580 g/mol. The van der Waals surface area contributed by atoms with E-state index >= 15 is 0 Å². The molecule has 0 fully saturated rings. The van der Waals surface area contributed by atoms with Crippen LogP contribution in [0.4, 0.5) is 0 Å². The summed E-state index contributed by atoms with van der Waals surface area (Å²) in [5.74, 6) is 1.85. The Bertz CT molecular complexity index is 1450. The first-order valence-electron chi connectivity index (χ1n) is 11.1. The molecule has 11 heteroatoms. The molecule has 0 aliphatic heterocycles. The van der Waals surface area contributed by atoms with Crippen LogP contribution >= 0.6 is 27.7 Å². The molecular weight excluding hydrogens is 558 g/mol. The fourth-order valence-corrected chi connectivity index (χ4v) is 5.29. The third-order valence-corrected chi connectivity index (χ3v) is 7.18. The third-order valence-electron chi connectivity index (χ3n) is 5.53. The highest BCUT2D eigenvalue weighted by Crippen LogP contribution is 2.41. The maximum absolute atomic E-state index is 11.7. The Morgan fingerprint density at radius 3 is 2.62 bits per heavy atom. The lowest BCUT2D eigenvalue weighted by molar-refractivity contribution is -0.479. The van der Waals surface area contributed by atoms with Gasteiger partial charge in [0, 0.05) is 26.2 Å². The Balaban J connectivity index is 1.68. The summed E-state index contributed by atoms with van der Waals surface area (Å²) in [6.07, 6.45) is 0. The van der Waals surface area contributed by atoms with Gasteiger partial charge in [0.1, 0.15) is 29.2 Å². The Kier molecular flexibility index (Phi) is 8.43. The number of thioether (sulfide) groups is 1. The summed E-state index contributed by atoms with van der Waals surface area (Å²) >= 11 is 4.72. The van der Waals surface area contributed by atoms with E-state index in [1.54, 1.807) is 25.3 Å². The zero-order valence-electron chi connectivity index (χ0n) is 20.0. The summed E-state index contributed by atoms with van der Waals surface area (Å²) in [6, 6.07) is 22.1. The molecule has 1 aromatic heterocycles. The lowest BCUT2D eigenvalue weighted by Gasteiger charge is -2.18. The highest BCUT2D eigenvalue weighted by molar-refractivity contribution is 9.10. The van der Waals surface area contributed by atoms with Crippen molar-refractivity contribution in [3.05, 3.63) is 104 Å². The van der Waals surface area contributed by atoms with Gasteiger partial charge in [-0.2, -0.15) is 5.26 Å². The van der Waals surface area contributed by atoms with E-state index in [-0.39, 0.29) is 18.1 Å². The summed E-state index contributed by atoms with van der Waals surface area (Å²) in [4.78, 5) is 11.4. The van der Waals surface area contributed by atoms with Crippen molar-refractivity contribution in [2.24, 2.45) is 0 Å². The Hall–Kier alpha value is -3.88. The van der Waals surface area contributed by atoms with Crippen molar-refractivity contribution in [2.75, 3.05) is 13.7 Å². The number of ether oxygens (including phenoxy) is 2. The van der Waals surface area contributed by atoms with E-state index in [1.807, 2.05) is 60.0 Å². The van der Waals surface area contributed by atoms with Gasteiger partial charge in [0.25, 0.3) is 0 Å². The van der Waals surface area contributed by atoms with Crippen LogP contribution in [0.2, 0.25) is 0 Å². The molecule has 0 amide bonds. The van der Waals surface area contributed by atoms with Crippen LogP contribution in [0.25, 0.3) is 5.69 Å². The Morgan fingerprint density at radius 1 is 1.16 bits per heavy atom. The molecule has 0 radical (unpaired) electrons. The number of nitriles is 1. The van der Waals surface area contributed by atoms with Gasteiger partial charge in [0.15, 0.2) is 5.16 Å². The minimum absolute atomic E-state index is 0.148. The van der Waals surface area contributed by atoms with Crippen LogP contribution in [0.1, 0.15) is 27.8 Å². The normalized spacial score (nSPS) is 11.5. The van der Waals surface area contributed by atoms with Gasteiger partial charge in [0.05, 0.1) is 18.7 Å². The second-order valence-electron chi connectivity index (χ2n) is 7.92. The topological polar surface area (TPSA) is 116 Å². The number of rotatable bonds is 10. The van der Waals surface area contributed by atoms with Crippen molar-refractivity contribution in [1.82, 2.24) is 14.8 Å². The van der Waals surface area contributed by atoms with Crippen molar-refractivity contribution in [3.8, 4) is 23.3 Å². The Morgan fingerprint density at radius 2 is 1.92 bits per heavy atom. The number of methoxy groups -OCH3 is 1. The summed E-state index contributed by atoms with van der Waals surface area (Å²) in [6.45, 7) is 1.61. The number of aryl methyl sites for hydroxylation is 1. The first kappa shape index (κ1) is 26.2. The number of hydrogen-bond donors (Lipinski definition) is 0. The lowest BCUT2D eigenvalue weighted by Crippen LogP contribution is -2.13. The fourth-order valence-electron chi connectivity index (χ4n) is 3.72. The molecule has 4 aromatic rings. The number of benzene rings is 3. The van der Waals surface area contributed by atoms with Crippen molar-refractivity contribution in [2.45, 2.75) is 23.9 Å². The van der Waals surface area contributed by atoms with E-state index in [4.69, 9.17) is 9.47 Å². The quantitative estimate of drug-likeness (QED) is 0.129. The molecule has 0 aliphatic rings. The predicted octanol–water partition coefficient (Wildman–Crippen LogP) is 5.91. The summed E-state index contributed by atoms with van der Waals surface area (Å²) in [5, 5.41) is 29.5. The molecule has 0 unspecified atom stereocenters. The first-order valence-corrected chi connectivity index (χ1v) is 12.8. The molecular formula is C26H22BrN5O4S. The summed E-state index contributed by atoms with van der Waals surface area (Å²) in [5.41, 5.74) is 2.68. The molecule has 0 bridgehead atoms. The molecule has 1 atom stereocenters. The standard InChI is InChI=1S/C26H22BrN5O4S/c1-17-29-30-26(32(17)21-8-10-22(35-2)11-9-21)37-25(15-31(33)34)23-13-20(27)7-12-24(23)36-16-19-6-4-3-5-18(19)14-28/h3-13,25H,15-16H2,1-2H3/t25-/m0/s1. The van der Waals surface area contributed by atoms with Gasteiger partial charge in [-0.15, -0.1) is 10.2 Å². The molecule has 3 aromatic carbocycles. The first-order chi connectivity index (χ1) is 17.9. The molecule has 0 saturated carbocycles. The highest BCUT2D eigenvalue weighted by Gasteiger charge is 2.27. The van der Waals surface area contributed by atoms with Crippen LogP contribution in [-0.4, -0.2) is 33.3 Å². The van der Waals surface area contributed by atoms with E-state index in [0.29, 0.717) is 33.6 Å². The largest absolute Gasteiger partial charge is 0.497 e. The zero-order chi connectivity index (χ0) is 26.4. The maximum Gasteiger partial charge on any atom is 0.220 e. The van der Waals surface area contributed by atoms with Gasteiger partial charge in [-0.3, -0.25) is 14.7 Å². The minimum Gasteiger partial charge on any atom is -0.497 e. The van der Waals surface area contributed by atoms with Gasteiger partial charge in [-0.1, -0.05) is 45.9 Å². The number of hydrogen-bond acceptors (Lipinski definition) is 8. The molecule has 0 spiro atoms. The van der Waals surface area contributed by atoms with E-state index in [0.717, 1.165) is 15.7 Å². The number of nitro groups is 1. The average Bonchev–Trinajstić information content (AvgIpc) is 3.27. The van der Waals surface area contributed by atoms with Crippen molar-refractivity contribution >= 4 is 27.7 Å². The smallest absolute Gasteiger partial charge is 0.220 e. The van der Waals surface area contributed by atoms with Gasteiger partial charge in [-0.05, 0) is 55.5 Å². The van der Waals surface area contributed by atoms with Crippen LogP contribution in [-0.2, 0) is 6.61 Å². The molecule has 9 nitrogen and oxygen atoms in total. The molecule has 1 heterocycles. The Labute approximate surface area is 226 Å². The van der Waals surface area contributed by atoms with E-state index < -0.39 is 5.25 Å². The van der Waals surface area contributed by atoms with Crippen molar-refractivity contribution in [3.63, 3.8) is 0 Å². The molecule has 0 N–H and O–H groups in total. The van der Waals surface area contributed by atoms with Crippen LogP contribution in [0.15, 0.2) is 76.4 Å². The second kappa shape index (κ2) is 11.9. The maximum atomic E-state index is 11.7. The van der Waals surface area contributed by atoms with Crippen molar-refractivity contribution in [1.29, 1.82) is 5.26 Å². The second-order valence-corrected chi connectivity index (χ2v) is 10.0. The predicted molar refractivity (Wildman–Crippen MR) is 143 cm³/mol. The molecule has 4 rings (SSSR count). The SMILES string of the molecule is COc1ccc(-n2c(C)nnc2S[C@@H](C[N+](=O)[O-])c2cc(Br)ccc2OCc2ccccc2C#N)cc1. The van der Waals surface area contributed by atoms with Crippen LogP contribution in [0, 0.1) is 28.4 Å². The van der Waals surface area contributed by atoms with Crippen LogP contribution in [0.5, 0.6) is 11.5 Å². The van der Waals surface area contributed by atoms with Gasteiger partial charge in [-0.25, -0.2) is 0 Å². The van der Waals surface area contributed by atoms with Gasteiger partial charge < -0.3 is 9.47 Å². The van der Waals surface area contributed by atoms with Gasteiger partial charge >= 0.3 is 0 Å². The zero-order valence-corrected chi connectivity index (χ0v) is 22.4. The van der Waals surface area contributed by atoms with Gasteiger partial charge in [0.2, 0.25) is 6.54 Å². The molecule has 37 heavy (non-hydrogen) atoms. The molecule has 0 saturated heterocycles. The molecule has 188 valence electrons. The van der Waals surface area contributed by atoms with Crippen LogP contribution < -0.4 is 9.47 Å².